The summed E-state index contributed by atoms with van der Waals surface area (Å²) >= 11 is 0. The average Bonchev–Trinajstić information content (AvgIpc) is 3.46. The van der Waals surface area contributed by atoms with Gasteiger partial charge in [-0.2, -0.15) is 0 Å². The van der Waals surface area contributed by atoms with Crippen LogP contribution < -0.4 is 5.19 Å². The maximum Gasteiger partial charge on any atom is 0.164 e. The maximum atomic E-state index is 5.07. The summed E-state index contributed by atoms with van der Waals surface area (Å²) in [6.07, 6.45) is 6.41. The van der Waals surface area contributed by atoms with Gasteiger partial charge in [0, 0.05) is 22.1 Å². The molecule has 4 heteroatoms. The van der Waals surface area contributed by atoms with E-state index in [-0.39, 0.29) is 5.41 Å². The van der Waals surface area contributed by atoms with Crippen LogP contribution in [-0.4, -0.2) is 23.0 Å². The Morgan fingerprint density at radius 3 is 1.54 bits per heavy atom. The molecule has 52 heavy (non-hydrogen) atoms. The molecule has 7 aromatic rings. The smallest absolute Gasteiger partial charge is 0.164 e. The minimum Gasteiger partial charge on any atom is -0.208 e. The fourth-order valence-electron chi connectivity index (χ4n) is 8.51. The van der Waals surface area contributed by atoms with E-state index in [1.54, 1.807) is 0 Å². The number of nitrogens with zero attached hydrogens (tertiary/aromatic N) is 3. The normalized spacial score (nSPS) is 14.6. The van der Waals surface area contributed by atoms with Crippen molar-refractivity contribution in [2.24, 2.45) is 0 Å². The third kappa shape index (κ3) is 5.81. The molecular weight excluding hydrogens is 647 g/mol. The molecule has 1 heterocycles. The van der Waals surface area contributed by atoms with Crippen LogP contribution >= 0.6 is 0 Å². The van der Waals surface area contributed by atoms with Gasteiger partial charge in [-0.15, -0.1) is 0 Å². The minimum absolute atomic E-state index is 0.143. The molecule has 0 atom stereocenters. The van der Waals surface area contributed by atoms with E-state index >= 15 is 0 Å². The lowest BCUT2D eigenvalue weighted by atomic mass is 9.67. The van der Waals surface area contributed by atoms with Crippen molar-refractivity contribution in [2.45, 2.75) is 57.2 Å². The Hall–Kier alpha value is -5.45. The summed E-state index contributed by atoms with van der Waals surface area (Å²) in [7, 11) is -1.43. The molecule has 3 nitrogen and oxygen atoms in total. The fraction of sp³-hybridized carbons (Fsp3) is 0.188. The largest absolute Gasteiger partial charge is 0.208 e. The molecule has 1 fully saturated rings. The van der Waals surface area contributed by atoms with Crippen molar-refractivity contribution in [3.63, 3.8) is 0 Å². The molecule has 254 valence electrons. The average molecular weight is 690 g/mol. The molecule has 1 aromatic heterocycles. The first kappa shape index (κ1) is 32.5. The number of fused-ring (bicyclic) bond motifs is 5. The molecule has 0 bridgehead atoms. The van der Waals surface area contributed by atoms with E-state index in [4.69, 9.17) is 15.0 Å². The van der Waals surface area contributed by atoms with Crippen LogP contribution in [0.25, 0.3) is 67.5 Å². The first-order valence-corrected chi connectivity index (χ1v) is 22.2. The van der Waals surface area contributed by atoms with Gasteiger partial charge in [-0.25, -0.2) is 15.0 Å². The van der Waals surface area contributed by atoms with Gasteiger partial charge >= 0.3 is 0 Å². The number of hydrogen-bond donors (Lipinski definition) is 0. The van der Waals surface area contributed by atoms with Gasteiger partial charge in [-0.3, -0.25) is 0 Å². The zero-order chi connectivity index (χ0) is 35.3. The minimum atomic E-state index is -1.43. The fourth-order valence-corrected chi connectivity index (χ4v) is 9.68. The Morgan fingerprint density at radius 1 is 0.404 bits per heavy atom. The molecule has 0 aliphatic heterocycles. The topological polar surface area (TPSA) is 38.7 Å². The van der Waals surface area contributed by atoms with Crippen LogP contribution in [0.3, 0.4) is 0 Å². The van der Waals surface area contributed by atoms with Crippen LogP contribution in [0.1, 0.15) is 43.2 Å². The van der Waals surface area contributed by atoms with Gasteiger partial charge in [0.25, 0.3) is 0 Å². The van der Waals surface area contributed by atoms with Crippen LogP contribution in [0.15, 0.2) is 146 Å². The summed E-state index contributed by atoms with van der Waals surface area (Å²) in [4.78, 5) is 15.1. The second-order valence-electron chi connectivity index (χ2n) is 15.6. The quantitative estimate of drug-likeness (QED) is 0.163. The van der Waals surface area contributed by atoms with E-state index in [2.05, 4.69) is 147 Å². The third-order valence-electron chi connectivity index (χ3n) is 11.3. The van der Waals surface area contributed by atoms with E-state index in [1.165, 1.54) is 76.2 Å². The van der Waals surface area contributed by atoms with Crippen LogP contribution in [0.4, 0.5) is 0 Å². The summed E-state index contributed by atoms with van der Waals surface area (Å²) in [5.41, 5.74) is 13.8. The molecule has 0 radical (unpaired) electrons. The van der Waals surface area contributed by atoms with Crippen molar-refractivity contribution in [1.29, 1.82) is 0 Å². The molecule has 1 spiro atoms. The summed E-state index contributed by atoms with van der Waals surface area (Å²) in [6.45, 7) is 7.12. The molecule has 0 unspecified atom stereocenters. The lowest BCUT2D eigenvalue weighted by Gasteiger charge is -2.36. The monoisotopic (exact) mass is 689 g/mol. The molecule has 6 aromatic carbocycles. The van der Waals surface area contributed by atoms with E-state index in [1.807, 2.05) is 18.2 Å². The lowest BCUT2D eigenvalue weighted by Crippen LogP contribution is -2.37. The Kier molecular flexibility index (Phi) is 8.08. The Labute approximate surface area is 308 Å². The van der Waals surface area contributed by atoms with Crippen molar-refractivity contribution >= 4 is 13.3 Å². The van der Waals surface area contributed by atoms with Crippen LogP contribution in [0, 0.1) is 0 Å². The zero-order valence-electron chi connectivity index (χ0n) is 30.2. The Bertz CT molecular complexity index is 2420. The van der Waals surface area contributed by atoms with Gasteiger partial charge in [-0.05, 0) is 75.5 Å². The summed E-state index contributed by atoms with van der Waals surface area (Å²) in [5.74, 6) is 2.04. The molecule has 0 N–H and O–H groups in total. The van der Waals surface area contributed by atoms with Gasteiger partial charge < -0.3 is 0 Å². The summed E-state index contributed by atoms with van der Waals surface area (Å²) in [5, 5.41) is 1.42. The zero-order valence-corrected chi connectivity index (χ0v) is 31.2. The van der Waals surface area contributed by atoms with Crippen LogP contribution in [0.2, 0.25) is 19.6 Å². The highest BCUT2D eigenvalue weighted by Crippen LogP contribution is 2.56. The Morgan fingerprint density at radius 2 is 0.885 bits per heavy atom. The van der Waals surface area contributed by atoms with Crippen LogP contribution in [0.5, 0.6) is 0 Å². The van der Waals surface area contributed by atoms with Gasteiger partial charge in [0.2, 0.25) is 0 Å². The van der Waals surface area contributed by atoms with E-state index in [0.717, 1.165) is 22.3 Å². The highest BCUT2D eigenvalue weighted by molar-refractivity contribution is 6.88. The van der Waals surface area contributed by atoms with E-state index in [0.29, 0.717) is 17.5 Å². The SMILES string of the molecule is C[Si](C)(C)c1ccc(-c2nc(-c3ccccc3)nc(-c3cccc(-c4cccc(-c5ccc6c(c5)C5(CCCCC5)c5ccccc5-6)c4)c3)n2)cc1. The van der Waals surface area contributed by atoms with E-state index in [9.17, 15) is 0 Å². The number of aromatic nitrogens is 3. The number of rotatable bonds is 6. The van der Waals surface area contributed by atoms with Crippen molar-refractivity contribution < 1.29 is 0 Å². The molecule has 2 aliphatic rings. The highest BCUT2D eigenvalue weighted by atomic mass is 28.3. The second-order valence-corrected chi connectivity index (χ2v) is 20.7. The third-order valence-corrected chi connectivity index (χ3v) is 13.4. The summed E-state index contributed by atoms with van der Waals surface area (Å²) in [6, 6.07) is 53.0. The summed E-state index contributed by atoms with van der Waals surface area (Å²) < 4.78 is 0. The molecule has 0 saturated heterocycles. The van der Waals surface area contributed by atoms with Crippen molar-refractivity contribution in [3.05, 3.63) is 157 Å². The molecule has 1 saturated carbocycles. The maximum absolute atomic E-state index is 5.07. The second kappa shape index (κ2) is 12.9. The molecule has 0 amide bonds. The number of benzene rings is 6. The predicted octanol–water partition coefficient (Wildman–Crippen LogP) is 12.0. The van der Waals surface area contributed by atoms with Gasteiger partial charge in [0.05, 0.1) is 8.07 Å². The van der Waals surface area contributed by atoms with Gasteiger partial charge in [0.1, 0.15) is 0 Å². The first-order valence-electron chi connectivity index (χ1n) is 18.7. The molecular formula is C48H43N3Si. The highest BCUT2D eigenvalue weighted by Gasteiger charge is 2.43. The van der Waals surface area contributed by atoms with Gasteiger partial charge in [0.15, 0.2) is 17.5 Å². The first-order chi connectivity index (χ1) is 25.4. The predicted molar refractivity (Wildman–Crippen MR) is 219 cm³/mol. The van der Waals surface area contributed by atoms with Crippen molar-refractivity contribution in [1.82, 2.24) is 15.0 Å². The Balaban J connectivity index is 1.09. The number of hydrogen-bond acceptors (Lipinski definition) is 3. The van der Waals surface area contributed by atoms with E-state index < -0.39 is 8.07 Å². The molecule has 9 rings (SSSR count). The molecule has 2 aliphatic carbocycles. The van der Waals surface area contributed by atoms with Crippen molar-refractivity contribution in [2.75, 3.05) is 0 Å². The van der Waals surface area contributed by atoms with Crippen LogP contribution in [-0.2, 0) is 5.41 Å². The standard InChI is InChI=1S/C48H43N3Si/c1-52(2,3)40-25-22-34(23-26-40)46-49-45(33-14-6-4-7-15-33)50-47(51-46)39-19-13-18-37(31-39)35-16-12-17-36(30-35)38-24-27-42-41-20-8-9-21-43(41)48(44(42)32-38)28-10-5-11-29-48/h4,6-9,12-27,30-32H,5,10-11,28-29H2,1-3H3. The lowest BCUT2D eigenvalue weighted by molar-refractivity contribution is 0.353. The van der Waals surface area contributed by atoms with Gasteiger partial charge in [-0.1, -0.05) is 171 Å². The van der Waals surface area contributed by atoms with Crippen molar-refractivity contribution in [3.8, 4) is 67.5 Å².